The molecule has 3 rings (SSSR count). The van der Waals surface area contributed by atoms with E-state index in [1.807, 2.05) is 13.0 Å². The number of amides is 1. The molecule has 29 heavy (non-hydrogen) atoms. The van der Waals surface area contributed by atoms with E-state index >= 15 is 0 Å². The third kappa shape index (κ3) is 5.58. The Morgan fingerprint density at radius 3 is 2.55 bits per heavy atom. The van der Waals surface area contributed by atoms with Crippen LogP contribution >= 0.6 is 31.9 Å². The number of hydrogen-bond acceptors (Lipinski definition) is 5. The number of nitrogens with zero attached hydrogens (tertiary/aromatic N) is 2. The molecule has 0 atom stereocenters. The smallest absolute Gasteiger partial charge is 0.343 e. The molecule has 2 aromatic carbocycles. The molecule has 0 aliphatic rings. The lowest BCUT2D eigenvalue weighted by atomic mass is 10.1. The number of halogens is 2. The number of pyridine rings is 1. The predicted octanol–water partition coefficient (Wildman–Crippen LogP) is 4.90. The SMILES string of the molecule is Cc1cccc(C(=O)Oc2c(Br)cc(Br)cc2C=NNC(=O)c2ccncc2)c1. The molecule has 1 amide bonds. The Balaban J connectivity index is 1.81. The number of carbonyl (C=O) groups is 2. The summed E-state index contributed by atoms with van der Waals surface area (Å²) in [5.74, 6) is -0.579. The number of aromatic nitrogens is 1. The standard InChI is InChI=1S/C21H15Br2N3O3/c1-13-3-2-4-15(9-13)21(28)29-19-16(10-17(22)11-18(19)23)12-25-26-20(27)14-5-7-24-8-6-14/h2-12H,1H3,(H,26,27). The van der Waals surface area contributed by atoms with Gasteiger partial charge >= 0.3 is 5.97 Å². The summed E-state index contributed by atoms with van der Waals surface area (Å²) in [4.78, 5) is 28.5. The summed E-state index contributed by atoms with van der Waals surface area (Å²) < 4.78 is 6.91. The molecule has 0 spiro atoms. The van der Waals surface area contributed by atoms with Gasteiger partial charge in [0, 0.05) is 28.0 Å². The van der Waals surface area contributed by atoms with Crippen molar-refractivity contribution in [2.75, 3.05) is 0 Å². The number of hydrogen-bond donors (Lipinski definition) is 1. The number of nitrogens with one attached hydrogen (secondary N) is 1. The van der Waals surface area contributed by atoms with Gasteiger partial charge in [-0.05, 0) is 59.3 Å². The van der Waals surface area contributed by atoms with Crippen LogP contribution in [-0.2, 0) is 0 Å². The molecule has 0 aliphatic heterocycles. The van der Waals surface area contributed by atoms with E-state index in [1.54, 1.807) is 42.5 Å². The zero-order chi connectivity index (χ0) is 20.8. The highest BCUT2D eigenvalue weighted by Crippen LogP contribution is 2.32. The monoisotopic (exact) mass is 515 g/mol. The quantitative estimate of drug-likeness (QED) is 0.226. The summed E-state index contributed by atoms with van der Waals surface area (Å²) in [5, 5.41) is 3.98. The van der Waals surface area contributed by atoms with E-state index in [-0.39, 0.29) is 5.91 Å². The van der Waals surface area contributed by atoms with Crippen molar-refractivity contribution in [1.29, 1.82) is 0 Å². The Labute approximate surface area is 184 Å². The zero-order valence-corrected chi connectivity index (χ0v) is 18.4. The van der Waals surface area contributed by atoms with Crippen LogP contribution in [0.2, 0.25) is 0 Å². The molecule has 1 aromatic heterocycles. The van der Waals surface area contributed by atoms with Crippen LogP contribution in [0.1, 0.15) is 31.8 Å². The second-order valence-corrected chi connectivity index (χ2v) is 7.77. The van der Waals surface area contributed by atoms with E-state index in [9.17, 15) is 9.59 Å². The number of rotatable bonds is 5. The average Bonchev–Trinajstić information content (AvgIpc) is 2.71. The van der Waals surface area contributed by atoms with E-state index in [0.717, 1.165) is 10.0 Å². The Bertz CT molecular complexity index is 1090. The maximum absolute atomic E-state index is 12.5. The minimum absolute atomic E-state index is 0.293. The summed E-state index contributed by atoms with van der Waals surface area (Å²) in [6.45, 7) is 1.90. The van der Waals surface area contributed by atoms with Crippen molar-refractivity contribution in [2.45, 2.75) is 6.92 Å². The van der Waals surface area contributed by atoms with E-state index in [4.69, 9.17) is 4.74 Å². The van der Waals surface area contributed by atoms with Crippen molar-refractivity contribution in [1.82, 2.24) is 10.4 Å². The van der Waals surface area contributed by atoms with Gasteiger partial charge in [-0.3, -0.25) is 9.78 Å². The fraction of sp³-hybridized carbons (Fsp3) is 0.0476. The van der Waals surface area contributed by atoms with E-state index in [1.165, 1.54) is 18.6 Å². The Kier molecular flexibility index (Phi) is 6.90. The molecule has 0 aliphatic carbocycles. The molecule has 0 saturated carbocycles. The van der Waals surface area contributed by atoms with Gasteiger partial charge in [0.25, 0.3) is 5.91 Å². The van der Waals surface area contributed by atoms with Crippen molar-refractivity contribution in [3.63, 3.8) is 0 Å². The van der Waals surface area contributed by atoms with Crippen molar-refractivity contribution in [3.8, 4) is 5.75 Å². The van der Waals surface area contributed by atoms with Gasteiger partial charge in [-0.15, -0.1) is 0 Å². The van der Waals surface area contributed by atoms with Crippen LogP contribution < -0.4 is 10.2 Å². The third-order valence-electron chi connectivity index (χ3n) is 3.80. The Morgan fingerprint density at radius 1 is 1.07 bits per heavy atom. The normalized spacial score (nSPS) is 10.7. The van der Waals surface area contributed by atoms with Gasteiger partial charge in [0.1, 0.15) is 0 Å². The maximum Gasteiger partial charge on any atom is 0.343 e. The van der Waals surface area contributed by atoms with Crippen LogP contribution in [0.15, 0.2) is 75.0 Å². The van der Waals surface area contributed by atoms with E-state index in [2.05, 4.69) is 47.4 Å². The Morgan fingerprint density at radius 2 is 1.83 bits per heavy atom. The molecule has 3 aromatic rings. The van der Waals surface area contributed by atoms with Gasteiger partial charge in [0.2, 0.25) is 0 Å². The number of aryl methyl sites for hydroxylation is 1. The molecule has 0 saturated heterocycles. The van der Waals surface area contributed by atoms with Crippen LogP contribution in [0.25, 0.3) is 0 Å². The van der Waals surface area contributed by atoms with E-state index in [0.29, 0.717) is 26.9 Å². The molecule has 0 unspecified atom stereocenters. The summed E-state index contributed by atoms with van der Waals surface area (Å²) in [5.41, 5.74) is 4.76. The molecule has 0 radical (unpaired) electrons. The van der Waals surface area contributed by atoms with Crippen molar-refractivity contribution in [2.24, 2.45) is 5.10 Å². The number of carbonyl (C=O) groups excluding carboxylic acids is 2. The van der Waals surface area contributed by atoms with Crippen LogP contribution in [-0.4, -0.2) is 23.1 Å². The summed E-state index contributed by atoms with van der Waals surface area (Å²) in [6, 6.07) is 13.8. The molecule has 8 heteroatoms. The van der Waals surface area contributed by atoms with Gasteiger partial charge in [0.15, 0.2) is 5.75 Å². The minimum Gasteiger partial charge on any atom is -0.421 e. The zero-order valence-electron chi connectivity index (χ0n) is 15.2. The molecule has 0 fully saturated rings. The Hall–Kier alpha value is -2.84. The van der Waals surface area contributed by atoms with Gasteiger partial charge in [-0.25, -0.2) is 10.2 Å². The molecule has 1 N–H and O–H groups in total. The first kappa shape index (κ1) is 20.9. The van der Waals surface area contributed by atoms with Crippen molar-refractivity contribution in [3.05, 3.63) is 92.1 Å². The van der Waals surface area contributed by atoms with Gasteiger partial charge in [0.05, 0.1) is 16.3 Å². The molecular weight excluding hydrogens is 502 g/mol. The lowest BCUT2D eigenvalue weighted by molar-refractivity contribution is 0.0732. The summed E-state index contributed by atoms with van der Waals surface area (Å²) in [7, 11) is 0. The average molecular weight is 517 g/mol. The van der Waals surface area contributed by atoms with Crippen LogP contribution in [0, 0.1) is 6.92 Å². The second kappa shape index (κ2) is 9.58. The van der Waals surface area contributed by atoms with E-state index < -0.39 is 5.97 Å². The fourth-order valence-electron chi connectivity index (χ4n) is 2.44. The molecule has 1 heterocycles. The number of esters is 1. The summed E-state index contributed by atoms with van der Waals surface area (Å²) >= 11 is 6.81. The maximum atomic E-state index is 12.5. The summed E-state index contributed by atoms with van der Waals surface area (Å²) in [6.07, 6.45) is 4.45. The number of hydrazone groups is 1. The molecular formula is C21H15Br2N3O3. The van der Waals surface area contributed by atoms with Crippen molar-refractivity contribution < 1.29 is 14.3 Å². The lowest BCUT2D eigenvalue weighted by Gasteiger charge is -2.11. The van der Waals surface area contributed by atoms with Crippen molar-refractivity contribution >= 4 is 50.0 Å². The topological polar surface area (TPSA) is 80.6 Å². The van der Waals surface area contributed by atoms with Crippen LogP contribution in [0.3, 0.4) is 0 Å². The highest BCUT2D eigenvalue weighted by atomic mass is 79.9. The van der Waals surface area contributed by atoms with Crippen LogP contribution in [0.4, 0.5) is 0 Å². The number of ether oxygens (including phenoxy) is 1. The highest BCUT2D eigenvalue weighted by molar-refractivity contribution is 9.11. The molecule has 146 valence electrons. The first-order chi connectivity index (χ1) is 13.9. The largest absolute Gasteiger partial charge is 0.421 e. The van der Waals surface area contributed by atoms with Gasteiger partial charge in [-0.1, -0.05) is 33.6 Å². The first-order valence-electron chi connectivity index (χ1n) is 8.45. The predicted molar refractivity (Wildman–Crippen MR) is 117 cm³/mol. The fourth-order valence-corrected chi connectivity index (χ4v) is 3.77. The highest BCUT2D eigenvalue weighted by Gasteiger charge is 2.15. The lowest BCUT2D eigenvalue weighted by Crippen LogP contribution is -2.17. The molecule has 6 nitrogen and oxygen atoms in total. The van der Waals surface area contributed by atoms with Crippen LogP contribution in [0.5, 0.6) is 5.75 Å². The minimum atomic E-state index is -0.493. The second-order valence-electron chi connectivity index (χ2n) is 6.00. The van der Waals surface area contributed by atoms with Gasteiger partial charge in [-0.2, -0.15) is 5.10 Å². The van der Waals surface area contributed by atoms with Gasteiger partial charge < -0.3 is 4.74 Å². The molecule has 0 bridgehead atoms. The number of benzene rings is 2. The first-order valence-corrected chi connectivity index (χ1v) is 10.0. The third-order valence-corrected chi connectivity index (χ3v) is 4.84.